The summed E-state index contributed by atoms with van der Waals surface area (Å²) in [6.07, 6.45) is 0. The molecule has 146 valence electrons. The maximum atomic E-state index is 13.4. The van der Waals surface area contributed by atoms with Gasteiger partial charge in [-0.3, -0.25) is 4.90 Å². The quantitative estimate of drug-likeness (QED) is 0.748. The van der Waals surface area contributed by atoms with Gasteiger partial charge in [0, 0.05) is 32.2 Å². The highest BCUT2D eigenvalue weighted by Crippen LogP contribution is 2.24. The fraction of sp³-hybridized carbons (Fsp3) is 0.400. The number of nitrogens with zero attached hydrogens (tertiary/aromatic N) is 1. The summed E-state index contributed by atoms with van der Waals surface area (Å²) in [5, 5.41) is 3.23. The van der Waals surface area contributed by atoms with Crippen molar-refractivity contribution >= 4 is 0 Å². The molecule has 1 aliphatic heterocycles. The van der Waals surface area contributed by atoms with Crippen LogP contribution in [0.2, 0.25) is 0 Å². The molecule has 2 aromatic carbocycles. The summed E-state index contributed by atoms with van der Waals surface area (Å²) >= 11 is 0. The van der Waals surface area contributed by atoms with E-state index in [1.54, 1.807) is 7.11 Å². The molecule has 0 saturated carbocycles. The van der Waals surface area contributed by atoms with E-state index in [4.69, 9.17) is 9.47 Å². The van der Waals surface area contributed by atoms with Gasteiger partial charge in [-0.2, -0.15) is 0 Å². The van der Waals surface area contributed by atoms with Gasteiger partial charge in [0.1, 0.15) is 5.75 Å². The lowest BCUT2D eigenvalue weighted by Gasteiger charge is -2.35. The number of hydrogen-bond donors (Lipinski definition) is 1. The van der Waals surface area contributed by atoms with E-state index < -0.39 is 17.5 Å². The molecule has 0 bridgehead atoms. The Balaban J connectivity index is 1.69. The molecule has 1 heterocycles. The van der Waals surface area contributed by atoms with E-state index in [1.165, 1.54) is 0 Å². The van der Waals surface area contributed by atoms with Gasteiger partial charge in [0.25, 0.3) is 0 Å². The minimum atomic E-state index is -1.44. The van der Waals surface area contributed by atoms with Gasteiger partial charge >= 0.3 is 0 Å². The molecule has 3 rings (SSSR count). The molecule has 1 unspecified atom stereocenters. The summed E-state index contributed by atoms with van der Waals surface area (Å²) in [6, 6.07) is 9.96. The van der Waals surface area contributed by atoms with Crippen molar-refractivity contribution in [1.82, 2.24) is 10.2 Å². The van der Waals surface area contributed by atoms with Crippen molar-refractivity contribution in [2.45, 2.75) is 12.6 Å². The zero-order valence-corrected chi connectivity index (χ0v) is 15.2. The Morgan fingerprint density at radius 3 is 2.30 bits per heavy atom. The minimum absolute atomic E-state index is 0.0787. The van der Waals surface area contributed by atoms with Crippen LogP contribution in [-0.2, 0) is 11.3 Å². The number of morpholine rings is 1. The van der Waals surface area contributed by atoms with Crippen molar-refractivity contribution in [3.8, 4) is 5.75 Å². The van der Waals surface area contributed by atoms with Gasteiger partial charge in [0.2, 0.25) is 0 Å². The number of rotatable bonds is 7. The third kappa shape index (κ3) is 5.00. The second-order valence-electron chi connectivity index (χ2n) is 6.44. The second kappa shape index (κ2) is 9.21. The largest absolute Gasteiger partial charge is 0.497 e. The maximum Gasteiger partial charge on any atom is 0.194 e. The highest BCUT2D eigenvalue weighted by Gasteiger charge is 2.22. The van der Waals surface area contributed by atoms with Crippen LogP contribution in [-0.4, -0.2) is 44.9 Å². The first-order valence-electron chi connectivity index (χ1n) is 8.88. The normalized spacial score (nSPS) is 16.3. The minimum Gasteiger partial charge on any atom is -0.497 e. The standard InChI is InChI=1S/C20H23F3N2O2/c1-26-16-4-2-15(3-5-16)19(25-6-8-27-9-7-25)13-24-12-14-10-17(21)20(23)18(22)11-14/h2-5,10-11,19,24H,6-9,12-13H2,1H3. The Hall–Kier alpha value is -2.09. The predicted octanol–water partition coefficient (Wildman–Crippen LogP) is 3.28. The van der Waals surface area contributed by atoms with Crippen LogP contribution in [0.25, 0.3) is 0 Å². The van der Waals surface area contributed by atoms with Crippen LogP contribution in [0.4, 0.5) is 13.2 Å². The molecule has 0 radical (unpaired) electrons. The van der Waals surface area contributed by atoms with E-state index in [0.29, 0.717) is 25.3 Å². The van der Waals surface area contributed by atoms with Crippen LogP contribution in [0.15, 0.2) is 36.4 Å². The molecule has 1 saturated heterocycles. The number of methoxy groups -OCH3 is 1. The summed E-state index contributed by atoms with van der Waals surface area (Å²) in [5.41, 5.74) is 1.48. The molecular weight excluding hydrogens is 357 g/mol. The Kier molecular flexibility index (Phi) is 6.71. The molecule has 1 N–H and O–H groups in total. The molecule has 0 amide bonds. The average molecular weight is 380 g/mol. The molecular formula is C20H23F3N2O2. The summed E-state index contributed by atoms with van der Waals surface area (Å²) < 4.78 is 50.5. The summed E-state index contributed by atoms with van der Waals surface area (Å²) in [7, 11) is 1.62. The van der Waals surface area contributed by atoms with Crippen molar-refractivity contribution in [3.05, 3.63) is 65.0 Å². The molecule has 1 fully saturated rings. The summed E-state index contributed by atoms with van der Waals surface area (Å²) in [6.45, 7) is 3.76. The first kappa shape index (κ1) is 19.7. The Morgan fingerprint density at radius 1 is 1.07 bits per heavy atom. The molecule has 0 aliphatic carbocycles. The number of hydrogen-bond acceptors (Lipinski definition) is 4. The molecule has 0 spiro atoms. The van der Waals surface area contributed by atoms with Gasteiger partial charge in [-0.1, -0.05) is 12.1 Å². The van der Waals surface area contributed by atoms with Crippen molar-refractivity contribution in [2.75, 3.05) is 40.0 Å². The highest BCUT2D eigenvalue weighted by molar-refractivity contribution is 5.29. The molecule has 2 aromatic rings. The Morgan fingerprint density at radius 2 is 1.70 bits per heavy atom. The van der Waals surface area contributed by atoms with Crippen LogP contribution in [0.1, 0.15) is 17.2 Å². The first-order valence-corrected chi connectivity index (χ1v) is 8.88. The van der Waals surface area contributed by atoms with Gasteiger partial charge in [-0.15, -0.1) is 0 Å². The SMILES string of the molecule is COc1ccc(C(CNCc2cc(F)c(F)c(F)c2)N2CCOCC2)cc1. The van der Waals surface area contributed by atoms with E-state index in [1.807, 2.05) is 24.3 Å². The average Bonchev–Trinajstić information content (AvgIpc) is 2.70. The number of halogens is 3. The number of ether oxygens (including phenoxy) is 2. The first-order chi connectivity index (χ1) is 13.1. The monoisotopic (exact) mass is 380 g/mol. The van der Waals surface area contributed by atoms with Crippen LogP contribution >= 0.6 is 0 Å². The summed E-state index contributed by atoms with van der Waals surface area (Å²) in [5.74, 6) is -3.01. The van der Waals surface area contributed by atoms with Gasteiger partial charge in [-0.25, -0.2) is 13.2 Å². The molecule has 1 aliphatic rings. The van der Waals surface area contributed by atoms with E-state index in [0.717, 1.165) is 36.5 Å². The Bertz CT molecular complexity index is 726. The van der Waals surface area contributed by atoms with E-state index >= 15 is 0 Å². The fourth-order valence-corrected chi connectivity index (χ4v) is 3.24. The lowest BCUT2D eigenvalue weighted by atomic mass is 10.0. The van der Waals surface area contributed by atoms with Crippen LogP contribution in [0.5, 0.6) is 5.75 Å². The third-order valence-electron chi connectivity index (χ3n) is 4.70. The topological polar surface area (TPSA) is 33.7 Å². The predicted molar refractivity (Wildman–Crippen MR) is 96.1 cm³/mol. The second-order valence-corrected chi connectivity index (χ2v) is 6.44. The van der Waals surface area contributed by atoms with E-state index in [2.05, 4.69) is 10.2 Å². The third-order valence-corrected chi connectivity index (χ3v) is 4.70. The van der Waals surface area contributed by atoms with Gasteiger partial charge in [0.05, 0.1) is 20.3 Å². The van der Waals surface area contributed by atoms with Crippen molar-refractivity contribution in [1.29, 1.82) is 0 Å². The molecule has 4 nitrogen and oxygen atoms in total. The van der Waals surface area contributed by atoms with E-state index in [9.17, 15) is 13.2 Å². The zero-order chi connectivity index (χ0) is 19.2. The summed E-state index contributed by atoms with van der Waals surface area (Å²) in [4.78, 5) is 2.31. The van der Waals surface area contributed by atoms with Crippen LogP contribution in [0.3, 0.4) is 0 Å². The smallest absolute Gasteiger partial charge is 0.194 e. The maximum absolute atomic E-state index is 13.4. The van der Waals surface area contributed by atoms with Crippen LogP contribution in [0, 0.1) is 17.5 Å². The van der Waals surface area contributed by atoms with Crippen molar-refractivity contribution < 1.29 is 22.6 Å². The van der Waals surface area contributed by atoms with Gasteiger partial charge in [0.15, 0.2) is 17.5 Å². The molecule has 1 atom stereocenters. The Labute approximate surface area is 156 Å². The molecule has 27 heavy (non-hydrogen) atoms. The highest BCUT2D eigenvalue weighted by atomic mass is 19.2. The number of benzene rings is 2. The molecule has 0 aromatic heterocycles. The fourth-order valence-electron chi connectivity index (χ4n) is 3.24. The van der Waals surface area contributed by atoms with Crippen molar-refractivity contribution in [3.63, 3.8) is 0 Å². The zero-order valence-electron chi connectivity index (χ0n) is 15.2. The van der Waals surface area contributed by atoms with Crippen molar-refractivity contribution in [2.24, 2.45) is 0 Å². The molecule has 7 heteroatoms. The lowest BCUT2D eigenvalue weighted by molar-refractivity contribution is 0.0161. The van der Waals surface area contributed by atoms with Crippen LogP contribution < -0.4 is 10.1 Å². The van der Waals surface area contributed by atoms with Gasteiger partial charge in [-0.05, 0) is 35.4 Å². The number of nitrogens with one attached hydrogen (secondary N) is 1. The lowest BCUT2D eigenvalue weighted by Crippen LogP contribution is -2.42. The van der Waals surface area contributed by atoms with Gasteiger partial charge < -0.3 is 14.8 Å². The van der Waals surface area contributed by atoms with E-state index in [-0.39, 0.29) is 12.6 Å².